The minimum atomic E-state index is -0.371. The van der Waals surface area contributed by atoms with Crippen LogP contribution in [0.3, 0.4) is 0 Å². The second-order valence-corrected chi connectivity index (χ2v) is 4.72. The predicted molar refractivity (Wildman–Crippen MR) is 83.6 cm³/mol. The van der Waals surface area contributed by atoms with Crippen LogP contribution in [0.25, 0.3) is 0 Å². The molecule has 0 spiro atoms. The summed E-state index contributed by atoms with van der Waals surface area (Å²) >= 11 is 4.91. The van der Waals surface area contributed by atoms with Crippen molar-refractivity contribution in [3.05, 3.63) is 47.5 Å². The number of ether oxygens (including phenoxy) is 1. The van der Waals surface area contributed by atoms with Crippen LogP contribution in [0.4, 0.5) is 5.69 Å². The Balaban J connectivity index is 2.24. The second-order valence-electron chi connectivity index (χ2n) is 4.28. The topological polar surface area (TPSA) is 90.1 Å². The summed E-state index contributed by atoms with van der Waals surface area (Å²) in [6.07, 6.45) is 2.95. The Labute approximate surface area is 127 Å². The van der Waals surface area contributed by atoms with E-state index >= 15 is 0 Å². The summed E-state index contributed by atoms with van der Waals surface area (Å²) in [4.78, 5) is 20.4. The molecule has 1 amide bonds. The van der Waals surface area contributed by atoms with E-state index in [-0.39, 0.29) is 16.6 Å². The molecule has 0 aliphatic heterocycles. The highest BCUT2D eigenvalue weighted by atomic mass is 32.1. The molecule has 0 saturated carbocycles. The first-order chi connectivity index (χ1) is 10.0. The minimum absolute atomic E-state index is 0.223. The van der Waals surface area contributed by atoms with Crippen molar-refractivity contribution in [2.45, 2.75) is 6.92 Å². The molecule has 0 aliphatic rings. The average molecular weight is 302 g/mol. The van der Waals surface area contributed by atoms with Gasteiger partial charge in [-0.1, -0.05) is 12.2 Å². The molecular formula is C14H14N4O2S. The number of nitrogens with one attached hydrogen (secondary N) is 1. The molecule has 21 heavy (non-hydrogen) atoms. The highest BCUT2D eigenvalue weighted by molar-refractivity contribution is 7.80. The van der Waals surface area contributed by atoms with Crippen molar-refractivity contribution in [2.75, 3.05) is 12.4 Å². The van der Waals surface area contributed by atoms with Gasteiger partial charge in [0, 0.05) is 11.8 Å². The van der Waals surface area contributed by atoms with Gasteiger partial charge >= 0.3 is 0 Å². The number of rotatable bonds is 4. The SMILES string of the molecule is COc1cc(C(N)=S)ccc1NC(=O)c1cnc(C)cn1. The molecule has 6 nitrogen and oxygen atoms in total. The Bertz CT molecular complexity index is 686. The molecule has 0 radical (unpaired) electrons. The van der Waals surface area contributed by atoms with E-state index in [1.807, 2.05) is 0 Å². The van der Waals surface area contributed by atoms with E-state index in [0.29, 0.717) is 17.0 Å². The van der Waals surface area contributed by atoms with Crippen LogP contribution in [0.5, 0.6) is 5.75 Å². The minimum Gasteiger partial charge on any atom is -0.495 e. The number of carbonyl (C=O) groups is 1. The largest absolute Gasteiger partial charge is 0.495 e. The van der Waals surface area contributed by atoms with Crippen molar-refractivity contribution < 1.29 is 9.53 Å². The zero-order chi connectivity index (χ0) is 15.4. The van der Waals surface area contributed by atoms with Crippen molar-refractivity contribution in [1.29, 1.82) is 0 Å². The number of aromatic nitrogens is 2. The van der Waals surface area contributed by atoms with E-state index in [1.165, 1.54) is 19.5 Å². The van der Waals surface area contributed by atoms with Crippen LogP contribution in [0.15, 0.2) is 30.6 Å². The van der Waals surface area contributed by atoms with Gasteiger partial charge in [-0.05, 0) is 25.1 Å². The molecule has 0 saturated heterocycles. The van der Waals surface area contributed by atoms with Crippen molar-refractivity contribution in [1.82, 2.24) is 9.97 Å². The first-order valence-corrected chi connectivity index (χ1v) is 6.50. The fraction of sp³-hybridized carbons (Fsp3) is 0.143. The third-order valence-corrected chi connectivity index (χ3v) is 2.98. The number of benzene rings is 1. The van der Waals surface area contributed by atoms with Crippen LogP contribution >= 0.6 is 12.2 Å². The highest BCUT2D eigenvalue weighted by Crippen LogP contribution is 2.26. The quantitative estimate of drug-likeness (QED) is 0.835. The molecule has 0 fully saturated rings. The van der Waals surface area contributed by atoms with E-state index in [1.54, 1.807) is 25.1 Å². The van der Waals surface area contributed by atoms with Gasteiger partial charge in [-0.15, -0.1) is 0 Å². The van der Waals surface area contributed by atoms with Gasteiger partial charge in [-0.25, -0.2) is 4.98 Å². The molecule has 0 bridgehead atoms. The van der Waals surface area contributed by atoms with Gasteiger partial charge < -0.3 is 15.8 Å². The Morgan fingerprint density at radius 1 is 1.33 bits per heavy atom. The molecule has 1 heterocycles. The Hall–Kier alpha value is -2.54. The number of hydrogen-bond acceptors (Lipinski definition) is 5. The third kappa shape index (κ3) is 3.51. The molecule has 7 heteroatoms. The number of nitrogens with zero attached hydrogens (tertiary/aromatic N) is 2. The summed E-state index contributed by atoms with van der Waals surface area (Å²) in [6.45, 7) is 1.80. The van der Waals surface area contributed by atoms with Crippen LogP contribution < -0.4 is 15.8 Å². The number of hydrogen-bond donors (Lipinski definition) is 2. The van der Waals surface area contributed by atoms with Gasteiger partial charge in [0.25, 0.3) is 5.91 Å². The molecule has 1 aromatic heterocycles. The normalized spacial score (nSPS) is 10.0. The fourth-order valence-corrected chi connectivity index (χ4v) is 1.77. The standard InChI is InChI=1S/C14H14N4O2S/c1-8-6-17-11(7-16-8)14(19)18-10-4-3-9(13(15)21)5-12(10)20-2/h3-7H,1-2H3,(H2,15,21)(H,18,19). The van der Waals surface area contributed by atoms with Crippen LogP contribution in [0.2, 0.25) is 0 Å². The van der Waals surface area contributed by atoms with E-state index in [0.717, 1.165) is 5.69 Å². The van der Waals surface area contributed by atoms with E-state index in [4.69, 9.17) is 22.7 Å². The van der Waals surface area contributed by atoms with E-state index < -0.39 is 0 Å². The molecule has 0 atom stereocenters. The molecule has 108 valence electrons. The summed E-state index contributed by atoms with van der Waals surface area (Å²) in [5.41, 5.74) is 7.69. The van der Waals surface area contributed by atoms with Crippen molar-refractivity contribution in [3.8, 4) is 5.75 Å². The summed E-state index contributed by atoms with van der Waals surface area (Å²) in [5, 5.41) is 2.71. The number of methoxy groups -OCH3 is 1. The number of aryl methyl sites for hydroxylation is 1. The third-order valence-electron chi connectivity index (χ3n) is 2.75. The number of thiocarbonyl (C=S) groups is 1. The zero-order valence-electron chi connectivity index (χ0n) is 11.6. The van der Waals surface area contributed by atoms with Gasteiger partial charge in [-0.3, -0.25) is 9.78 Å². The Morgan fingerprint density at radius 2 is 2.10 bits per heavy atom. The van der Waals surface area contributed by atoms with Crippen LogP contribution in [-0.2, 0) is 0 Å². The van der Waals surface area contributed by atoms with Gasteiger partial charge in [0.15, 0.2) is 0 Å². The number of anilines is 1. The van der Waals surface area contributed by atoms with Gasteiger partial charge in [0.1, 0.15) is 16.4 Å². The lowest BCUT2D eigenvalue weighted by molar-refractivity contribution is 0.102. The number of amides is 1. The predicted octanol–water partition coefficient (Wildman–Crippen LogP) is 1.68. The number of carbonyl (C=O) groups excluding carboxylic acids is 1. The summed E-state index contributed by atoms with van der Waals surface area (Å²) in [7, 11) is 1.50. The maximum atomic E-state index is 12.1. The monoisotopic (exact) mass is 302 g/mol. The molecular weight excluding hydrogens is 288 g/mol. The molecule has 3 N–H and O–H groups in total. The fourth-order valence-electron chi connectivity index (χ4n) is 1.64. The highest BCUT2D eigenvalue weighted by Gasteiger charge is 2.12. The van der Waals surface area contributed by atoms with E-state index in [9.17, 15) is 4.79 Å². The lowest BCUT2D eigenvalue weighted by Gasteiger charge is -2.11. The number of nitrogens with two attached hydrogens (primary N) is 1. The van der Waals surface area contributed by atoms with Gasteiger partial charge in [0.2, 0.25) is 0 Å². The molecule has 0 unspecified atom stereocenters. The smallest absolute Gasteiger partial charge is 0.275 e. The molecule has 0 aliphatic carbocycles. The van der Waals surface area contributed by atoms with Crippen molar-refractivity contribution >= 4 is 28.8 Å². The average Bonchev–Trinajstić information content (AvgIpc) is 2.48. The van der Waals surface area contributed by atoms with Crippen molar-refractivity contribution in [3.63, 3.8) is 0 Å². The van der Waals surface area contributed by atoms with Gasteiger partial charge in [0.05, 0.1) is 24.7 Å². The lowest BCUT2D eigenvalue weighted by atomic mass is 10.2. The molecule has 2 rings (SSSR count). The second kappa shape index (κ2) is 6.27. The summed E-state index contributed by atoms with van der Waals surface area (Å²) < 4.78 is 5.23. The van der Waals surface area contributed by atoms with E-state index in [2.05, 4.69) is 15.3 Å². The van der Waals surface area contributed by atoms with Crippen LogP contribution in [-0.4, -0.2) is 28.0 Å². The first-order valence-electron chi connectivity index (χ1n) is 6.09. The molecule has 2 aromatic rings. The van der Waals surface area contributed by atoms with Crippen LogP contribution in [0, 0.1) is 6.92 Å². The lowest BCUT2D eigenvalue weighted by Crippen LogP contribution is -2.15. The molecule has 1 aromatic carbocycles. The maximum absolute atomic E-state index is 12.1. The summed E-state index contributed by atoms with van der Waals surface area (Å²) in [5.74, 6) is 0.0950. The first kappa shape index (κ1) is 14.9. The Kier molecular flexibility index (Phi) is 4.44. The van der Waals surface area contributed by atoms with Crippen LogP contribution in [0.1, 0.15) is 21.7 Å². The zero-order valence-corrected chi connectivity index (χ0v) is 12.4. The maximum Gasteiger partial charge on any atom is 0.275 e. The van der Waals surface area contributed by atoms with Crippen molar-refractivity contribution in [2.24, 2.45) is 5.73 Å². The summed E-state index contributed by atoms with van der Waals surface area (Å²) in [6, 6.07) is 5.05. The Morgan fingerprint density at radius 3 is 2.67 bits per heavy atom. The van der Waals surface area contributed by atoms with Gasteiger partial charge in [-0.2, -0.15) is 0 Å².